The number of hydrogen-bond donors (Lipinski definition) is 2. The summed E-state index contributed by atoms with van der Waals surface area (Å²) in [7, 11) is 1.56. The highest BCUT2D eigenvalue weighted by Gasteiger charge is 2.20. The highest BCUT2D eigenvalue weighted by Crippen LogP contribution is 2.29. The van der Waals surface area contributed by atoms with E-state index in [1.165, 1.54) is 0 Å². The highest BCUT2D eigenvalue weighted by atomic mass is 35.5. The second-order valence-electron chi connectivity index (χ2n) is 3.90. The van der Waals surface area contributed by atoms with E-state index in [1.54, 1.807) is 39.2 Å². The molecule has 0 radical (unpaired) electrons. The van der Waals surface area contributed by atoms with Crippen LogP contribution in [0.25, 0.3) is 0 Å². The van der Waals surface area contributed by atoms with Crippen LogP contribution in [0.1, 0.15) is 13.8 Å². The molecule has 0 bridgehead atoms. The van der Waals surface area contributed by atoms with Crippen molar-refractivity contribution < 1.29 is 14.6 Å². The zero-order valence-corrected chi connectivity index (χ0v) is 10.8. The van der Waals surface area contributed by atoms with Gasteiger partial charge in [0.1, 0.15) is 5.75 Å². The van der Waals surface area contributed by atoms with E-state index in [-0.39, 0.29) is 6.04 Å². The van der Waals surface area contributed by atoms with E-state index in [2.05, 4.69) is 5.32 Å². The summed E-state index contributed by atoms with van der Waals surface area (Å²) in [5.41, 5.74) is 0.695. The molecule has 0 aliphatic rings. The second kappa shape index (κ2) is 5.77. The Bertz CT molecular complexity index is 409. The normalized spacial score (nSPS) is 13.9. The fourth-order valence-electron chi connectivity index (χ4n) is 1.38. The maximum absolute atomic E-state index is 10.9. The predicted molar refractivity (Wildman–Crippen MR) is 67.9 cm³/mol. The van der Waals surface area contributed by atoms with Crippen molar-refractivity contribution in [1.29, 1.82) is 0 Å². The van der Waals surface area contributed by atoms with Gasteiger partial charge in [-0.15, -0.1) is 0 Å². The largest absolute Gasteiger partial charge is 0.495 e. The minimum absolute atomic E-state index is 0.222. The maximum Gasteiger partial charge on any atom is 0.308 e. The van der Waals surface area contributed by atoms with Gasteiger partial charge in [-0.25, -0.2) is 0 Å². The summed E-state index contributed by atoms with van der Waals surface area (Å²) in [5.74, 6) is -0.705. The molecule has 0 saturated carbocycles. The Kier molecular flexibility index (Phi) is 4.63. The van der Waals surface area contributed by atoms with Gasteiger partial charge in [-0.05, 0) is 32.0 Å². The summed E-state index contributed by atoms with van der Waals surface area (Å²) in [6, 6.07) is 4.95. The predicted octanol–water partition coefficient (Wildman–Crippen LogP) is 2.87. The van der Waals surface area contributed by atoms with E-state index in [1.807, 2.05) is 0 Å². The first-order chi connectivity index (χ1) is 7.95. The topological polar surface area (TPSA) is 58.6 Å². The van der Waals surface area contributed by atoms with E-state index in [0.29, 0.717) is 16.5 Å². The maximum atomic E-state index is 10.9. The number of carbonyl (C=O) groups is 1. The molecule has 5 heteroatoms. The van der Waals surface area contributed by atoms with Gasteiger partial charge in [0.2, 0.25) is 0 Å². The Morgan fingerprint density at radius 1 is 1.47 bits per heavy atom. The van der Waals surface area contributed by atoms with Crippen molar-refractivity contribution in [3.63, 3.8) is 0 Å². The Balaban J connectivity index is 2.86. The summed E-state index contributed by atoms with van der Waals surface area (Å²) in [5, 5.41) is 12.6. The van der Waals surface area contributed by atoms with Crippen molar-refractivity contribution in [1.82, 2.24) is 0 Å². The van der Waals surface area contributed by atoms with Gasteiger partial charge in [0.15, 0.2) is 0 Å². The van der Waals surface area contributed by atoms with Gasteiger partial charge in [-0.2, -0.15) is 0 Å². The lowest BCUT2D eigenvalue weighted by atomic mass is 10.0. The molecule has 2 N–H and O–H groups in total. The van der Waals surface area contributed by atoms with Crippen molar-refractivity contribution in [2.75, 3.05) is 12.4 Å². The third-order valence-electron chi connectivity index (χ3n) is 2.68. The molecule has 94 valence electrons. The first kappa shape index (κ1) is 13.6. The van der Waals surface area contributed by atoms with Gasteiger partial charge in [0.25, 0.3) is 0 Å². The SMILES string of the molecule is COc1ccc(Cl)cc1NC(C)C(C)C(=O)O. The first-order valence-corrected chi connectivity index (χ1v) is 5.66. The Morgan fingerprint density at radius 3 is 2.65 bits per heavy atom. The molecule has 4 nitrogen and oxygen atoms in total. The van der Waals surface area contributed by atoms with E-state index in [0.717, 1.165) is 0 Å². The molecule has 0 amide bonds. The van der Waals surface area contributed by atoms with Crippen LogP contribution in [0.4, 0.5) is 5.69 Å². The highest BCUT2D eigenvalue weighted by molar-refractivity contribution is 6.30. The molecule has 1 rings (SSSR count). The van der Waals surface area contributed by atoms with Crippen LogP contribution in [0.3, 0.4) is 0 Å². The van der Waals surface area contributed by atoms with Crippen molar-refractivity contribution in [2.45, 2.75) is 19.9 Å². The number of benzene rings is 1. The standard InChI is InChI=1S/C12H16ClNO3/c1-7(12(15)16)8(2)14-10-6-9(13)4-5-11(10)17-3/h4-8,14H,1-3H3,(H,15,16). The number of carboxylic acids is 1. The van der Waals surface area contributed by atoms with Gasteiger partial charge in [-0.3, -0.25) is 4.79 Å². The lowest BCUT2D eigenvalue weighted by Gasteiger charge is -2.20. The van der Waals surface area contributed by atoms with Gasteiger partial charge >= 0.3 is 5.97 Å². The lowest BCUT2D eigenvalue weighted by Crippen LogP contribution is -2.29. The summed E-state index contributed by atoms with van der Waals surface area (Å²) in [4.78, 5) is 10.9. The Morgan fingerprint density at radius 2 is 2.12 bits per heavy atom. The average molecular weight is 258 g/mol. The minimum Gasteiger partial charge on any atom is -0.495 e. The number of hydrogen-bond acceptors (Lipinski definition) is 3. The van der Waals surface area contributed by atoms with E-state index >= 15 is 0 Å². The first-order valence-electron chi connectivity index (χ1n) is 5.28. The molecule has 0 aliphatic heterocycles. The van der Waals surface area contributed by atoms with Crippen molar-refractivity contribution in [2.24, 2.45) is 5.92 Å². The van der Waals surface area contributed by atoms with Crippen LogP contribution in [0, 0.1) is 5.92 Å². The number of rotatable bonds is 5. The molecular formula is C12H16ClNO3. The van der Waals surface area contributed by atoms with Gasteiger partial charge in [0.05, 0.1) is 18.7 Å². The number of halogens is 1. The van der Waals surface area contributed by atoms with E-state index < -0.39 is 11.9 Å². The van der Waals surface area contributed by atoms with E-state index in [9.17, 15) is 4.79 Å². The quantitative estimate of drug-likeness (QED) is 0.852. The Labute approximate surface area is 106 Å². The summed E-state index contributed by atoms with van der Waals surface area (Å²) >= 11 is 5.89. The van der Waals surface area contributed by atoms with Crippen LogP contribution < -0.4 is 10.1 Å². The monoisotopic (exact) mass is 257 g/mol. The van der Waals surface area contributed by atoms with Crippen LogP contribution in [0.15, 0.2) is 18.2 Å². The van der Waals surface area contributed by atoms with Gasteiger partial charge in [-0.1, -0.05) is 11.6 Å². The van der Waals surface area contributed by atoms with Crippen LogP contribution in [0.5, 0.6) is 5.75 Å². The van der Waals surface area contributed by atoms with Crippen LogP contribution in [-0.4, -0.2) is 24.2 Å². The Hall–Kier alpha value is -1.42. The number of methoxy groups -OCH3 is 1. The van der Waals surface area contributed by atoms with Crippen LogP contribution in [0.2, 0.25) is 5.02 Å². The fraction of sp³-hybridized carbons (Fsp3) is 0.417. The summed E-state index contributed by atoms with van der Waals surface area (Å²) in [6.45, 7) is 3.45. The molecule has 0 aromatic heterocycles. The van der Waals surface area contributed by atoms with Gasteiger partial charge in [0, 0.05) is 11.1 Å². The molecule has 2 atom stereocenters. The minimum atomic E-state index is -0.842. The van der Waals surface area contributed by atoms with Crippen molar-refractivity contribution in [3.05, 3.63) is 23.2 Å². The third kappa shape index (κ3) is 3.53. The molecule has 0 heterocycles. The summed E-state index contributed by atoms with van der Waals surface area (Å²) in [6.07, 6.45) is 0. The summed E-state index contributed by atoms with van der Waals surface area (Å²) < 4.78 is 5.17. The number of carboxylic acid groups (broad SMARTS) is 1. The molecule has 2 unspecified atom stereocenters. The van der Waals surface area contributed by atoms with E-state index in [4.69, 9.17) is 21.4 Å². The lowest BCUT2D eigenvalue weighted by molar-refractivity contribution is -0.141. The molecule has 1 aromatic carbocycles. The molecule has 17 heavy (non-hydrogen) atoms. The molecule has 0 aliphatic carbocycles. The molecule has 1 aromatic rings. The molecule has 0 fully saturated rings. The van der Waals surface area contributed by atoms with Crippen molar-refractivity contribution >= 4 is 23.3 Å². The van der Waals surface area contributed by atoms with Crippen molar-refractivity contribution in [3.8, 4) is 5.75 Å². The third-order valence-corrected chi connectivity index (χ3v) is 2.92. The second-order valence-corrected chi connectivity index (χ2v) is 4.34. The average Bonchev–Trinajstić information content (AvgIpc) is 2.28. The number of anilines is 1. The number of nitrogens with one attached hydrogen (secondary N) is 1. The zero-order valence-electron chi connectivity index (χ0n) is 10.0. The van der Waals surface area contributed by atoms with Crippen LogP contribution in [-0.2, 0) is 4.79 Å². The molecular weight excluding hydrogens is 242 g/mol. The smallest absolute Gasteiger partial charge is 0.308 e. The molecule has 0 saturated heterocycles. The zero-order chi connectivity index (χ0) is 13.0. The number of aliphatic carboxylic acids is 1. The molecule has 0 spiro atoms. The van der Waals surface area contributed by atoms with Gasteiger partial charge < -0.3 is 15.2 Å². The fourth-order valence-corrected chi connectivity index (χ4v) is 1.55. The number of ether oxygens (including phenoxy) is 1. The van der Waals surface area contributed by atoms with Crippen LogP contribution >= 0.6 is 11.6 Å².